The van der Waals surface area contributed by atoms with Gasteiger partial charge in [0.05, 0.1) is 0 Å². The Kier molecular flexibility index (Phi) is 4.72. The van der Waals surface area contributed by atoms with Gasteiger partial charge in [-0.2, -0.15) is 0 Å². The van der Waals surface area contributed by atoms with Gasteiger partial charge in [-0.3, -0.25) is 0 Å². The van der Waals surface area contributed by atoms with Crippen LogP contribution in [0.2, 0.25) is 0 Å². The molecule has 0 bridgehead atoms. The van der Waals surface area contributed by atoms with E-state index in [4.69, 9.17) is 5.11 Å². The predicted molar refractivity (Wildman–Crippen MR) is 59.1 cm³/mol. The minimum atomic E-state index is -0.177. The molecule has 0 aromatic heterocycles. The Morgan fingerprint density at radius 1 is 1.47 bits per heavy atom. The van der Waals surface area contributed by atoms with E-state index >= 15 is 0 Å². The number of rotatable bonds is 5. The first-order chi connectivity index (χ1) is 7.13. The van der Waals surface area contributed by atoms with Crippen LogP contribution in [0.5, 0.6) is 0 Å². The molecule has 1 atom stereocenters. The van der Waals surface area contributed by atoms with Gasteiger partial charge in [0, 0.05) is 24.8 Å². The zero-order valence-corrected chi connectivity index (χ0v) is 9.26. The molecule has 15 heavy (non-hydrogen) atoms. The summed E-state index contributed by atoms with van der Waals surface area (Å²) in [6.07, 6.45) is 0.688. The van der Waals surface area contributed by atoms with Crippen molar-refractivity contribution in [2.75, 3.05) is 6.61 Å². The second-order valence-electron chi connectivity index (χ2n) is 3.89. The molecule has 0 saturated carbocycles. The summed E-state index contributed by atoms with van der Waals surface area (Å²) < 4.78 is 13.3. The molecule has 1 rings (SSSR count). The Hall–Kier alpha value is -0.930. The summed E-state index contributed by atoms with van der Waals surface area (Å²) in [5.41, 5.74) is 1.74. The lowest BCUT2D eigenvalue weighted by Gasteiger charge is -2.13. The summed E-state index contributed by atoms with van der Waals surface area (Å²) in [6.45, 7) is 4.59. The van der Waals surface area contributed by atoms with E-state index in [0.29, 0.717) is 18.5 Å². The van der Waals surface area contributed by atoms with E-state index in [9.17, 15) is 4.39 Å². The van der Waals surface area contributed by atoms with Crippen LogP contribution in [0, 0.1) is 12.7 Å². The third-order valence-corrected chi connectivity index (χ3v) is 2.40. The van der Waals surface area contributed by atoms with Crippen LogP contribution in [-0.2, 0) is 6.54 Å². The molecule has 0 aliphatic rings. The first-order valence-electron chi connectivity index (χ1n) is 5.22. The van der Waals surface area contributed by atoms with Gasteiger partial charge in [-0.05, 0) is 26.3 Å². The van der Waals surface area contributed by atoms with E-state index in [1.54, 1.807) is 6.07 Å². The molecule has 0 fully saturated rings. The quantitative estimate of drug-likeness (QED) is 0.780. The Labute approximate surface area is 90.1 Å². The second-order valence-corrected chi connectivity index (χ2v) is 3.89. The van der Waals surface area contributed by atoms with Crippen molar-refractivity contribution >= 4 is 0 Å². The Morgan fingerprint density at radius 2 is 2.20 bits per heavy atom. The second kappa shape index (κ2) is 5.83. The van der Waals surface area contributed by atoms with Crippen molar-refractivity contribution in [2.24, 2.45) is 0 Å². The smallest absolute Gasteiger partial charge is 0.127 e. The molecule has 3 heteroatoms. The standard InChI is InChI=1S/C12H18FNO/c1-9-3-4-12(13)11(7-9)8-14-10(2)5-6-15/h3-4,7,10,14-15H,5-6,8H2,1-2H3. The van der Waals surface area contributed by atoms with Crippen molar-refractivity contribution in [2.45, 2.75) is 32.9 Å². The fraction of sp³-hybridized carbons (Fsp3) is 0.500. The maximum atomic E-state index is 13.3. The lowest BCUT2D eigenvalue weighted by atomic mass is 10.1. The van der Waals surface area contributed by atoms with Crippen molar-refractivity contribution in [3.05, 3.63) is 35.1 Å². The summed E-state index contributed by atoms with van der Waals surface area (Å²) >= 11 is 0. The molecule has 1 unspecified atom stereocenters. The van der Waals surface area contributed by atoms with Crippen LogP contribution >= 0.6 is 0 Å². The van der Waals surface area contributed by atoms with Crippen LogP contribution < -0.4 is 5.32 Å². The highest BCUT2D eigenvalue weighted by Gasteiger charge is 2.04. The summed E-state index contributed by atoms with van der Waals surface area (Å²) in [6, 6.07) is 5.29. The van der Waals surface area contributed by atoms with Gasteiger partial charge in [0.15, 0.2) is 0 Å². The number of aliphatic hydroxyl groups is 1. The number of halogens is 1. The van der Waals surface area contributed by atoms with Gasteiger partial charge in [-0.15, -0.1) is 0 Å². The number of aliphatic hydroxyl groups excluding tert-OH is 1. The molecule has 84 valence electrons. The van der Waals surface area contributed by atoms with Crippen LogP contribution in [-0.4, -0.2) is 17.8 Å². The number of hydrogen-bond donors (Lipinski definition) is 2. The van der Waals surface area contributed by atoms with E-state index in [-0.39, 0.29) is 18.5 Å². The van der Waals surface area contributed by atoms with E-state index in [1.807, 2.05) is 19.9 Å². The minimum absolute atomic E-state index is 0.157. The van der Waals surface area contributed by atoms with Gasteiger partial charge in [-0.1, -0.05) is 17.7 Å². The zero-order valence-electron chi connectivity index (χ0n) is 9.26. The van der Waals surface area contributed by atoms with Gasteiger partial charge in [0.1, 0.15) is 5.82 Å². The lowest BCUT2D eigenvalue weighted by molar-refractivity contribution is 0.268. The average Bonchev–Trinajstić information content (AvgIpc) is 2.20. The molecule has 0 amide bonds. The van der Waals surface area contributed by atoms with Gasteiger partial charge >= 0.3 is 0 Å². The summed E-state index contributed by atoms with van der Waals surface area (Å²) in [5.74, 6) is -0.177. The molecule has 2 N–H and O–H groups in total. The molecular weight excluding hydrogens is 193 g/mol. The molecule has 2 nitrogen and oxygen atoms in total. The highest BCUT2D eigenvalue weighted by atomic mass is 19.1. The van der Waals surface area contributed by atoms with Gasteiger partial charge < -0.3 is 10.4 Å². The molecule has 1 aromatic rings. The number of benzene rings is 1. The first-order valence-corrected chi connectivity index (χ1v) is 5.22. The third-order valence-electron chi connectivity index (χ3n) is 2.40. The molecule has 0 saturated heterocycles. The monoisotopic (exact) mass is 211 g/mol. The Bertz CT molecular complexity index is 314. The minimum Gasteiger partial charge on any atom is -0.396 e. The molecule has 0 aliphatic heterocycles. The largest absolute Gasteiger partial charge is 0.396 e. The molecule has 1 aromatic carbocycles. The lowest BCUT2D eigenvalue weighted by Crippen LogP contribution is -2.26. The molecular formula is C12H18FNO. The molecule has 0 spiro atoms. The Balaban J connectivity index is 2.53. The van der Waals surface area contributed by atoms with Crippen molar-refractivity contribution < 1.29 is 9.50 Å². The maximum absolute atomic E-state index is 13.3. The summed E-state index contributed by atoms with van der Waals surface area (Å²) in [4.78, 5) is 0. The molecule has 0 aliphatic carbocycles. The van der Waals surface area contributed by atoms with Crippen LogP contribution in [0.25, 0.3) is 0 Å². The van der Waals surface area contributed by atoms with Crippen molar-refractivity contribution in [3.8, 4) is 0 Å². The number of aryl methyl sites for hydroxylation is 1. The van der Waals surface area contributed by atoms with Crippen LogP contribution in [0.1, 0.15) is 24.5 Å². The first kappa shape index (κ1) is 12.1. The fourth-order valence-electron chi connectivity index (χ4n) is 1.42. The molecule has 0 radical (unpaired) electrons. The van der Waals surface area contributed by atoms with E-state index in [2.05, 4.69) is 5.32 Å². The SMILES string of the molecule is Cc1ccc(F)c(CNC(C)CCO)c1. The normalized spacial score (nSPS) is 12.8. The Morgan fingerprint density at radius 3 is 2.87 bits per heavy atom. The van der Waals surface area contributed by atoms with E-state index in [1.165, 1.54) is 6.07 Å². The van der Waals surface area contributed by atoms with Crippen molar-refractivity contribution in [3.63, 3.8) is 0 Å². The van der Waals surface area contributed by atoms with Crippen molar-refractivity contribution in [1.29, 1.82) is 0 Å². The maximum Gasteiger partial charge on any atom is 0.127 e. The van der Waals surface area contributed by atoms with Crippen LogP contribution in [0.3, 0.4) is 0 Å². The van der Waals surface area contributed by atoms with E-state index in [0.717, 1.165) is 5.56 Å². The third kappa shape index (κ3) is 3.98. The number of hydrogen-bond acceptors (Lipinski definition) is 2. The van der Waals surface area contributed by atoms with Crippen LogP contribution in [0.15, 0.2) is 18.2 Å². The topological polar surface area (TPSA) is 32.3 Å². The van der Waals surface area contributed by atoms with Crippen LogP contribution in [0.4, 0.5) is 4.39 Å². The zero-order chi connectivity index (χ0) is 11.3. The highest BCUT2D eigenvalue weighted by molar-refractivity contribution is 5.23. The predicted octanol–water partition coefficient (Wildman–Crippen LogP) is 1.99. The summed E-state index contributed by atoms with van der Waals surface area (Å²) in [7, 11) is 0. The van der Waals surface area contributed by atoms with Crippen molar-refractivity contribution in [1.82, 2.24) is 5.32 Å². The number of nitrogens with one attached hydrogen (secondary N) is 1. The average molecular weight is 211 g/mol. The van der Waals surface area contributed by atoms with Gasteiger partial charge in [-0.25, -0.2) is 4.39 Å². The summed E-state index contributed by atoms with van der Waals surface area (Å²) in [5, 5.41) is 11.9. The fourth-order valence-corrected chi connectivity index (χ4v) is 1.42. The van der Waals surface area contributed by atoms with E-state index < -0.39 is 0 Å². The van der Waals surface area contributed by atoms with Gasteiger partial charge in [0.2, 0.25) is 0 Å². The van der Waals surface area contributed by atoms with Gasteiger partial charge in [0.25, 0.3) is 0 Å². The highest BCUT2D eigenvalue weighted by Crippen LogP contribution is 2.10. The molecule has 0 heterocycles.